The normalized spacial score (nSPS) is 12.4. The van der Waals surface area contributed by atoms with E-state index in [0.29, 0.717) is 12.0 Å². The molecule has 2 nitrogen and oxygen atoms in total. The number of halogens is 2. The second kappa shape index (κ2) is 5.38. The third-order valence-corrected chi connectivity index (χ3v) is 2.96. The third-order valence-electron chi connectivity index (χ3n) is 2.52. The lowest BCUT2D eigenvalue weighted by Crippen LogP contribution is -2.15. The fraction of sp³-hybridized carbons (Fsp3) is 0.154. The molecule has 0 saturated carbocycles. The summed E-state index contributed by atoms with van der Waals surface area (Å²) in [7, 11) is 0. The summed E-state index contributed by atoms with van der Waals surface area (Å²) in [5, 5.41) is 0. The van der Waals surface area contributed by atoms with Crippen LogP contribution >= 0.6 is 15.9 Å². The molecule has 1 heterocycles. The Labute approximate surface area is 108 Å². The van der Waals surface area contributed by atoms with Gasteiger partial charge in [-0.3, -0.25) is 4.98 Å². The summed E-state index contributed by atoms with van der Waals surface area (Å²) in [5.74, 6) is -0.261. The minimum absolute atomic E-state index is 0.261. The van der Waals surface area contributed by atoms with Gasteiger partial charge >= 0.3 is 0 Å². The zero-order chi connectivity index (χ0) is 12.3. The fourth-order valence-corrected chi connectivity index (χ4v) is 2.12. The first-order valence-corrected chi connectivity index (χ1v) is 6.05. The molecule has 0 fully saturated rings. The van der Waals surface area contributed by atoms with Crippen LogP contribution in [-0.2, 0) is 6.42 Å². The van der Waals surface area contributed by atoms with Crippen LogP contribution in [0.25, 0.3) is 0 Å². The highest BCUT2D eigenvalue weighted by Gasteiger charge is 2.11. The molecule has 0 saturated heterocycles. The monoisotopic (exact) mass is 294 g/mol. The van der Waals surface area contributed by atoms with E-state index in [4.69, 9.17) is 5.73 Å². The van der Waals surface area contributed by atoms with Gasteiger partial charge in [-0.05, 0) is 40.0 Å². The number of nitrogens with zero attached hydrogens (tertiary/aromatic N) is 1. The Morgan fingerprint density at radius 2 is 2.06 bits per heavy atom. The first-order valence-electron chi connectivity index (χ1n) is 5.26. The van der Waals surface area contributed by atoms with Crippen molar-refractivity contribution in [1.29, 1.82) is 0 Å². The third kappa shape index (κ3) is 3.11. The van der Waals surface area contributed by atoms with Crippen molar-refractivity contribution in [3.8, 4) is 0 Å². The van der Waals surface area contributed by atoms with E-state index in [9.17, 15) is 4.39 Å². The fourth-order valence-electron chi connectivity index (χ4n) is 1.71. The second-order valence-electron chi connectivity index (χ2n) is 3.84. The Kier molecular flexibility index (Phi) is 3.86. The Morgan fingerprint density at radius 1 is 1.29 bits per heavy atom. The van der Waals surface area contributed by atoms with Crippen LogP contribution in [0.2, 0.25) is 0 Å². The van der Waals surface area contributed by atoms with Crippen LogP contribution < -0.4 is 5.73 Å². The van der Waals surface area contributed by atoms with Crippen LogP contribution in [0.5, 0.6) is 0 Å². The first-order chi connectivity index (χ1) is 8.16. The van der Waals surface area contributed by atoms with E-state index in [0.717, 1.165) is 10.0 Å². The van der Waals surface area contributed by atoms with E-state index < -0.39 is 0 Å². The van der Waals surface area contributed by atoms with E-state index in [2.05, 4.69) is 20.9 Å². The average Bonchev–Trinajstić information content (AvgIpc) is 2.29. The molecule has 0 radical (unpaired) electrons. The topological polar surface area (TPSA) is 38.9 Å². The van der Waals surface area contributed by atoms with Crippen molar-refractivity contribution in [1.82, 2.24) is 4.98 Å². The smallest absolute Gasteiger partial charge is 0.127 e. The highest BCUT2D eigenvalue weighted by molar-refractivity contribution is 9.10. The van der Waals surface area contributed by atoms with Gasteiger partial charge in [-0.25, -0.2) is 4.39 Å². The van der Waals surface area contributed by atoms with Gasteiger partial charge in [-0.1, -0.05) is 18.2 Å². The van der Waals surface area contributed by atoms with E-state index in [-0.39, 0.29) is 11.9 Å². The molecule has 0 aliphatic rings. The number of hydrogen-bond acceptors (Lipinski definition) is 2. The molecule has 1 aromatic heterocycles. The molecule has 0 bridgehead atoms. The quantitative estimate of drug-likeness (QED) is 0.944. The second-order valence-corrected chi connectivity index (χ2v) is 4.76. The maximum absolute atomic E-state index is 13.5. The van der Waals surface area contributed by atoms with Crippen LogP contribution in [-0.4, -0.2) is 4.98 Å². The molecule has 0 spiro atoms. The zero-order valence-electron chi connectivity index (χ0n) is 9.11. The summed E-state index contributed by atoms with van der Waals surface area (Å²) >= 11 is 3.35. The lowest BCUT2D eigenvalue weighted by atomic mass is 10.0. The number of hydrogen-bond donors (Lipinski definition) is 1. The molecule has 1 unspecified atom stereocenters. The minimum atomic E-state index is -0.354. The Bertz CT molecular complexity index is 516. The van der Waals surface area contributed by atoms with E-state index in [1.807, 2.05) is 6.07 Å². The molecule has 2 N–H and O–H groups in total. The van der Waals surface area contributed by atoms with Crippen molar-refractivity contribution in [2.45, 2.75) is 12.5 Å². The Morgan fingerprint density at radius 3 is 2.76 bits per heavy atom. The van der Waals surface area contributed by atoms with Crippen LogP contribution in [0.4, 0.5) is 4.39 Å². The summed E-state index contributed by atoms with van der Waals surface area (Å²) < 4.78 is 14.4. The van der Waals surface area contributed by atoms with Gasteiger partial charge in [-0.15, -0.1) is 0 Å². The van der Waals surface area contributed by atoms with Crippen molar-refractivity contribution in [3.63, 3.8) is 0 Å². The van der Waals surface area contributed by atoms with Gasteiger partial charge in [-0.2, -0.15) is 0 Å². The predicted octanol–water partition coefficient (Wildman–Crippen LogP) is 3.23. The molecule has 0 aliphatic carbocycles. The predicted molar refractivity (Wildman–Crippen MR) is 69.0 cm³/mol. The molecule has 4 heteroatoms. The molecule has 2 rings (SSSR count). The van der Waals surface area contributed by atoms with Gasteiger partial charge in [0.15, 0.2) is 0 Å². The largest absolute Gasteiger partial charge is 0.324 e. The molecule has 0 aliphatic heterocycles. The van der Waals surface area contributed by atoms with Crippen molar-refractivity contribution in [2.75, 3.05) is 0 Å². The summed E-state index contributed by atoms with van der Waals surface area (Å²) in [4.78, 5) is 4.06. The van der Waals surface area contributed by atoms with Gasteiger partial charge in [0.25, 0.3) is 0 Å². The van der Waals surface area contributed by atoms with Crippen molar-refractivity contribution < 1.29 is 4.39 Å². The van der Waals surface area contributed by atoms with Crippen molar-refractivity contribution in [3.05, 3.63) is 64.1 Å². The highest BCUT2D eigenvalue weighted by Crippen LogP contribution is 2.20. The molecular formula is C13H12BrFN2. The summed E-state index contributed by atoms with van der Waals surface area (Å²) in [6.45, 7) is 0. The van der Waals surface area contributed by atoms with Gasteiger partial charge in [0.1, 0.15) is 5.82 Å². The van der Waals surface area contributed by atoms with E-state index in [1.165, 1.54) is 6.07 Å². The van der Waals surface area contributed by atoms with Crippen LogP contribution in [0.1, 0.15) is 17.2 Å². The van der Waals surface area contributed by atoms with Crippen LogP contribution in [0, 0.1) is 5.82 Å². The van der Waals surface area contributed by atoms with Gasteiger partial charge in [0.05, 0.1) is 0 Å². The number of aromatic nitrogens is 1. The standard InChI is InChI=1S/C13H12BrFN2/c14-10-5-9(7-17-8-10)6-13(16)11-3-1-2-4-12(11)15/h1-5,7-8,13H,6,16H2. The van der Waals surface area contributed by atoms with Gasteiger partial charge in [0, 0.05) is 28.5 Å². The number of pyridine rings is 1. The molecule has 1 atom stereocenters. The minimum Gasteiger partial charge on any atom is -0.324 e. The molecule has 88 valence electrons. The maximum atomic E-state index is 13.5. The number of benzene rings is 1. The molecule has 17 heavy (non-hydrogen) atoms. The van der Waals surface area contributed by atoms with Gasteiger partial charge < -0.3 is 5.73 Å². The van der Waals surface area contributed by atoms with E-state index in [1.54, 1.807) is 30.6 Å². The van der Waals surface area contributed by atoms with Crippen LogP contribution in [0.15, 0.2) is 47.2 Å². The molecule has 2 aromatic rings. The lowest BCUT2D eigenvalue weighted by molar-refractivity contribution is 0.580. The first kappa shape index (κ1) is 12.2. The summed E-state index contributed by atoms with van der Waals surface area (Å²) in [6, 6.07) is 8.17. The lowest BCUT2D eigenvalue weighted by Gasteiger charge is -2.12. The summed E-state index contributed by atoms with van der Waals surface area (Å²) in [5.41, 5.74) is 7.51. The maximum Gasteiger partial charge on any atom is 0.127 e. The zero-order valence-corrected chi connectivity index (χ0v) is 10.7. The Balaban J connectivity index is 2.17. The summed E-state index contributed by atoms with van der Waals surface area (Å²) in [6.07, 6.45) is 4.01. The molecule has 1 aromatic carbocycles. The number of rotatable bonds is 3. The van der Waals surface area contributed by atoms with Crippen LogP contribution in [0.3, 0.4) is 0 Å². The van der Waals surface area contributed by atoms with Crippen molar-refractivity contribution >= 4 is 15.9 Å². The SMILES string of the molecule is NC(Cc1cncc(Br)c1)c1ccccc1F. The van der Waals surface area contributed by atoms with Gasteiger partial charge in [0.2, 0.25) is 0 Å². The Hall–Kier alpha value is -1.26. The number of nitrogens with two attached hydrogens (primary N) is 1. The highest BCUT2D eigenvalue weighted by atomic mass is 79.9. The van der Waals surface area contributed by atoms with Crippen molar-refractivity contribution in [2.24, 2.45) is 5.73 Å². The molecular weight excluding hydrogens is 283 g/mol. The van der Waals surface area contributed by atoms with E-state index >= 15 is 0 Å². The molecule has 0 amide bonds. The average molecular weight is 295 g/mol.